The molecule has 0 unspecified atom stereocenters. The highest BCUT2D eigenvalue weighted by Gasteiger charge is 2.27. The number of rotatable bonds is 5. The molecule has 1 aromatic heterocycles. The molecule has 4 N–H and O–H groups in total. The largest absolute Gasteiger partial charge is 0.330 e. The number of hydrazine groups is 1. The number of carbonyl (C=O) groups is 2. The first-order valence-electron chi connectivity index (χ1n) is 10.9. The molecule has 10 heteroatoms. The van der Waals surface area contributed by atoms with Crippen molar-refractivity contribution < 1.29 is 18.4 Å². The monoisotopic (exact) mass is 478 g/mol. The van der Waals surface area contributed by atoms with Gasteiger partial charge in [-0.05, 0) is 73.5 Å². The van der Waals surface area contributed by atoms with Crippen LogP contribution < -0.4 is 11.2 Å². The molecule has 0 spiro atoms. The summed E-state index contributed by atoms with van der Waals surface area (Å²) in [6.07, 6.45) is 0. The number of hydrogen-bond donors (Lipinski definition) is 3. The molecular weight excluding hydrogens is 454 g/mol. The summed E-state index contributed by atoms with van der Waals surface area (Å²) in [5, 5.41) is 12.0. The first kappa shape index (κ1) is 24.0. The fourth-order valence-electron chi connectivity index (χ4n) is 3.72. The van der Waals surface area contributed by atoms with E-state index in [1.807, 2.05) is 13.8 Å². The summed E-state index contributed by atoms with van der Waals surface area (Å²) in [6, 6.07) is 12.5. The number of amidine groups is 1. The molecule has 8 nitrogen and oxygen atoms in total. The summed E-state index contributed by atoms with van der Waals surface area (Å²) in [4.78, 5) is 31.3. The van der Waals surface area contributed by atoms with Crippen molar-refractivity contribution in [2.75, 3.05) is 5.32 Å². The predicted octanol–water partition coefficient (Wildman–Crippen LogP) is 3.68. The zero-order valence-corrected chi connectivity index (χ0v) is 19.2. The van der Waals surface area contributed by atoms with E-state index in [1.165, 1.54) is 52.4 Å². The van der Waals surface area contributed by atoms with Crippen LogP contribution in [0.25, 0.3) is 0 Å². The topological polar surface area (TPSA) is 115 Å². The maximum atomic E-state index is 14.8. The molecule has 1 aliphatic rings. The van der Waals surface area contributed by atoms with Crippen LogP contribution in [0.15, 0.2) is 54.6 Å². The van der Waals surface area contributed by atoms with E-state index >= 15 is 0 Å². The summed E-state index contributed by atoms with van der Waals surface area (Å²) in [5.74, 6) is 3.79. The predicted molar refractivity (Wildman–Crippen MR) is 127 cm³/mol. The van der Waals surface area contributed by atoms with Crippen molar-refractivity contribution in [3.8, 4) is 0 Å². The van der Waals surface area contributed by atoms with Gasteiger partial charge in [-0.25, -0.2) is 19.6 Å². The van der Waals surface area contributed by atoms with Gasteiger partial charge in [0.05, 0.1) is 5.56 Å². The molecule has 0 saturated heterocycles. The Kier molecular flexibility index (Phi) is 6.57. The summed E-state index contributed by atoms with van der Waals surface area (Å²) in [5.41, 5.74) is 1.63. The number of nitrogens with two attached hydrogens (primary N) is 1. The Balaban J connectivity index is 1.50. The average molecular weight is 479 g/mol. The fourth-order valence-corrected chi connectivity index (χ4v) is 3.72. The molecule has 0 fully saturated rings. The SMILES string of the molecule is CC(C)N(N)C(=N)c1cccc(NC(=O)c2cc3c(cc2F)CN(C(=O)c2ccc(F)cc2)C3)n1. The third-order valence-corrected chi connectivity index (χ3v) is 5.68. The van der Waals surface area contributed by atoms with Crippen LogP contribution in [-0.4, -0.2) is 38.6 Å². The number of hydrogen-bond acceptors (Lipinski definition) is 5. The Morgan fingerprint density at radius 1 is 1.09 bits per heavy atom. The smallest absolute Gasteiger partial charge is 0.259 e. The molecule has 3 aromatic rings. The van der Waals surface area contributed by atoms with Crippen LogP contribution in [0.3, 0.4) is 0 Å². The molecule has 0 atom stereocenters. The molecule has 2 amide bonds. The van der Waals surface area contributed by atoms with Gasteiger partial charge in [0.25, 0.3) is 11.8 Å². The Morgan fingerprint density at radius 2 is 1.74 bits per heavy atom. The summed E-state index contributed by atoms with van der Waals surface area (Å²) in [7, 11) is 0. The van der Waals surface area contributed by atoms with Crippen LogP contribution in [0, 0.1) is 17.0 Å². The third kappa shape index (κ3) is 5.02. The number of aromatic nitrogens is 1. The van der Waals surface area contributed by atoms with Gasteiger partial charge in [0.2, 0.25) is 0 Å². The maximum Gasteiger partial charge on any atom is 0.259 e. The average Bonchev–Trinajstić information content (AvgIpc) is 3.25. The second-order valence-corrected chi connectivity index (χ2v) is 8.48. The lowest BCUT2D eigenvalue weighted by molar-refractivity contribution is 0.0751. The van der Waals surface area contributed by atoms with E-state index in [-0.39, 0.29) is 47.9 Å². The van der Waals surface area contributed by atoms with E-state index in [1.54, 1.807) is 12.1 Å². The summed E-state index contributed by atoms with van der Waals surface area (Å²) >= 11 is 0. The Bertz CT molecular complexity index is 1310. The normalized spacial score (nSPS) is 12.5. The number of pyridine rings is 1. The Labute approximate surface area is 200 Å². The van der Waals surface area contributed by atoms with Gasteiger partial charge in [0.1, 0.15) is 23.1 Å². The van der Waals surface area contributed by atoms with Crippen molar-refractivity contribution >= 4 is 23.5 Å². The van der Waals surface area contributed by atoms with Crippen LogP contribution in [-0.2, 0) is 13.1 Å². The lowest BCUT2D eigenvalue weighted by Gasteiger charge is -2.23. The molecule has 4 rings (SSSR count). The zero-order valence-electron chi connectivity index (χ0n) is 19.2. The van der Waals surface area contributed by atoms with E-state index in [4.69, 9.17) is 11.3 Å². The number of nitrogens with zero attached hydrogens (tertiary/aromatic N) is 3. The number of halogens is 2. The summed E-state index contributed by atoms with van der Waals surface area (Å²) in [6.45, 7) is 4.02. The van der Waals surface area contributed by atoms with E-state index in [0.29, 0.717) is 16.7 Å². The van der Waals surface area contributed by atoms with Crippen LogP contribution in [0.5, 0.6) is 0 Å². The van der Waals surface area contributed by atoms with Crippen molar-refractivity contribution in [1.82, 2.24) is 14.9 Å². The molecule has 2 aromatic carbocycles. The number of carbonyl (C=O) groups excluding carboxylic acids is 2. The van der Waals surface area contributed by atoms with Gasteiger partial charge in [-0.2, -0.15) is 0 Å². The van der Waals surface area contributed by atoms with Gasteiger partial charge >= 0.3 is 0 Å². The standard InChI is InChI=1S/C25H24F2N6O2/c1-14(2)33(29)23(28)21-4-3-5-22(30-21)31-24(34)19-10-16-12-32(13-17(16)11-20(19)27)25(35)15-6-8-18(26)9-7-15/h3-11,14,28H,12-13,29H2,1-2H3,(H,30,31,34). The Morgan fingerprint density at radius 3 is 2.40 bits per heavy atom. The minimum atomic E-state index is -0.728. The lowest BCUT2D eigenvalue weighted by atomic mass is 10.1. The lowest BCUT2D eigenvalue weighted by Crippen LogP contribution is -2.43. The first-order chi connectivity index (χ1) is 16.6. The molecular formula is C25H24F2N6O2. The number of anilines is 1. The van der Waals surface area contributed by atoms with Gasteiger partial charge in [0, 0.05) is 24.7 Å². The number of benzene rings is 2. The van der Waals surface area contributed by atoms with E-state index in [2.05, 4.69) is 10.3 Å². The zero-order chi connectivity index (χ0) is 25.3. The second-order valence-electron chi connectivity index (χ2n) is 8.48. The number of fused-ring (bicyclic) bond motifs is 1. The molecule has 2 heterocycles. The minimum Gasteiger partial charge on any atom is -0.330 e. The molecule has 1 aliphatic heterocycles. The second kappa shape index (κ2) is 9.59. The van der Waals surface area contributed by atoms with Gasteiger partial charge in [-0.1, -0.05) is 6.07 Å². The van der Waals surface area contributed by atoms with Crippen molar-refractivity contribution in [2.24, 2.45) is 5.84 Å². The van der Waals surface area contributed by atoms with E-state index < -0.39 is 17.5 Å². The molecule has 35 heavy (non-hydrogen) atoms. The number of amides is 2. The van der Waals surface area contributed by atoms with Crippen LogP contribution in [0.1, 0.15) is 51.4 Å². The van der Waals surface area contributed by atoms with Gasteiger partial charge < -0.3 is 10.2 Å². The van der Waals surface area contributed by atoms with Crippen LogP contribution in [0.4, 0.5) is 14.6 Å². The molecule has 0 radical (unpaired) electrons. The molecule has 0 aliphatic carbocycles. The van der Waals surface area contributed by atoms with Crippen molar-refractivity contribution in [3.63, 3.8) is 0 Å². The third-order valence-electron chi connectivity index (χ3n) is 5.68. The Hall–Kier alpha value is -4.18. The highest BCUT2D eigenvalue weighted by Crippen LogP contribution is 2.27. The highest BCUT2D eigenvalue weighted by molar-refractivity contribution is 6.04. The minimum absolute atomic E-state index is 0.0225. The molecule has 180 valence electrons. The van der Waals surface area contributed by atoms with Gasteiger partial charge in [0.15, 0.2) is 5.84 Å². The van der Waals surface area contributed by atoms with Crippen LogP contribution in [0.2, 0.25) is 0 Å². The van der Waals surface area contributed by atoms with Crippen molar-refractivity contribution in [3.05, 3.63) is 94.2 Å². The number of nitrogens with one attached hydrogen (secondary N) is 2. The highest BCUT2D eigenvalue weighted by atomic mass is 19.1. The van der Waals surface area contributed by atoms with Gasteiger partial charge in [-0.15, -0.1) is 0 Å². The quantitative estimate of drug-likeness (QED) is 0.224. The maximum absolute atomic E-state index is 14.8. The van der Waals surface area contributed by atoms with E-state index in [9.17, 15) is 18.4 Å². The van der Waals surface area contributed by atoms with Gasteiger partial charge in [-0.3, -0.25) is 20.0 Å². The van der Waals surface area contributed by atoms with E-state index in [0.717, 1.165) is 0 Å². The first-order valence-corrected chi connectivity index (χ1v) is 10.9. The summed E-state index contributed by atoms with van der Waals surface area (Å²) < 4.78 is 28.0. The van der Waals surface area contributed by atoms with Crippen LogP contribution >= 0.6 is 0 Å². The van der Waals surface area contributed by atoms with Crippen molar-refractivity contribution in [2.45, 2.75) is 33.0 Å². The van der Waals surface area contributed by atoms with Crippen molar-refractivity contribution in [1.29, 1.82) is 5.41 Å². The molecule has 0 saturated carbocycles. The fraction of sp³-hybridized carbons (Fsp3) is 0.200. The molecule has 0 bridgehead atoms.